The average molecular weight is 279 g/mol. The lowest BCUT2D eigenvalue weighted by atomic mass is 10.2. The zero-order chi connectivity index (χ0) is 11.6. The Bertz CT molecular complexity index is 396. The number of halogens is 3. The molecular formula is C9H9BrF2N2O. The molecule has 0 fully saturated rings. The third-order valence-electron chi connectivity index (χ3n) is 1.68. The van der Waals surface area contributed by atoms with Crippen molar-refractivity contribution in [3.05, 3.63) is 28.2 Å². The molecule has 0 unspecified atom stereocenters. The van der Waals surface area contributed by atoms with Gasteiger partial charge in [0.15, 0.2) is 0 Å². The van der Waals surface area contributed by atoms with E-state index in [-0.39, 0.29) is 10.2 Å². The zero-order valence-electron chi connectivity index (χ0n) is 7.85. The van der Waals surface area contributed by atoms with Gasteiger partial charge in [0.05, 0.1) is 16.2 Å². The first kappa shape index (κ1) is 12.1. The molecule has 0 aliphatic carbocycles. The maximum Gasteiger partial charge on any atom is 0.241 e. The van der Waals surface area contributed by atoms with Gasteiger partial charge in [0.25, 0.3) is 0 Å². The number of amides is 1. The number of nitrogens with two attached hydrogens (primary N) is 1. The average Bonchev–Trinajstić information content (AvgIpc) is 2.13. The van der Waals surface area contributed by atoms with Crippen LogP contribution in [0.3, 0.4) is 0 Å². The number of benzene rings is 1. The summed E-state index contributed by atoms with van der Waals surface area (Å²) >= 11 is 2.88. The fourth-order valence-electron chi connectivity index (χ4n) is 0.865. The van der Waals surface area contributed by atoms with Crippen LogP contribution in [0.4, 0.5) is 14.5 Å². The molecule has 3 N–H and O–H groups in total. The summed E-state index contributed by atoms with van der Waals surface area (Å²) in [4.78, 5) is 11.1. The minimum absolute atomic E-state index is 0.0730. The molecule has 1 atom stereocenters. The van der Waals surface area contributed by atoms with Gasteiger partial charge < -0.3 is 11.1 Å². The molecule has 1 rings (SSSR count). The second-order valence-electron chi connectivity index (χ2n) is 3.02. The van der Waals surface area contributed by atoms with Crippen LogP contribution in [-0.2, 0) is 4.79 Å². The van der Waals surface area contributed by atoms with Crippen LogP contribution in [0.25, 0.3) is 0 Å². The van der Waals surface area contributed by atoms with Gasteiger partial charge >= 0.3 is 0 Å². The standard InChI is InChI=1S/C9H9BrF2N2O/c1-4(13)9(15)14-8-2-5(10)6(11)3-7(8)12/h2-4H,13H2,1H3,(H,14,15)/t4-/m0/s1. The van der Waals surface area contributed by atoms with Gasteiger partial charge in [-0.05, 0) is 28.9 Å². The van der Waals surface area contributed by atoms with E-state index < -0.39 is 23.6 Å². The first-order valence-electron chi connectivity index (χ1n) is 4.13. The molecule has 0 saturated carbocycles. The SMILES string of the molecule is C[C@H](N)C(=O)Nc1cc(Br)c(F)cc1F. The van der Waals surface area contributed by atoms with E-state index in [0.29, 0.717) is 6.07 Å². The lowest BCUT2D eigenvalue weighted by molar-refractivity contribution is -0.117. The minimum Gasteiger partial charge on any atom is -0.322 e. The lowest BCUT2D eigenvalue weighted by Crippen LogP contribution is -2.32. The van der Waals surface area contributed by atoms with Gasteiger partial charge in [-0.25, -0.2) is 8.78 Å². The van der Waals surface area contributed by atoms with Crippen molar-refractivity contribution in [2.24, 2.45) is 5.73 Å². The highest BCUT2D eigenvalue weighted by atomic mass is 79.9. The zero-order valence-corrected chi connectivity index (χ0v) is 9.44. The Labute approximate surface area is 93.8 Å². The molecular weight excluding hydrogens is 270 g/mol. The summed E-state index contributed by atoms with van der Waals surface area (Å²) < 4.78 is 26.0. The Hall–Kier alpha value is -1.01. The highest BCUT2D eigenvalue weighted by Gasteiger charge is 2.13. The molecule has 0 bridgehead atoms. The van der Waals surface area contributed by atoms with Crippen molar-refractivity contribution in [2.45, 2.75) is 13.0 Å². The van der Waals surface area contributed by atoms with E-state index in [2.05, 4.69) is 21.2 Å². The number of carbonyl (C=O) groups is 1. The Kier molecular flexibility index (Phi) is 3.76. The summed E-state index contributed by atoms with van der Waals surface area (Å²) in [6.07, 6.45) is 0. The number of hydrogen-bond donors (Lipinski definition) is 2. The van der Waals surface area contributed by atoms with E-state index in [1.54, 1.807) is 0 Å². The lowest BCUT2D eigenvalue weighted by Gasteiger charge is -2.09. The highest BCUT2D eigenvalue weighted by molar-refractivity contribution is 9.10. The van der Waals surface area contributed by atoms with Crippen LogP contribution in [0.5, 0.6) is 0 Å². The third kappa shape index (κ3) is 2.97. The molecule has 1 aromatic carbocycles. The van der Waals surface area contributed by atoms with Crippen molar-refractivity contribution >= 4 is 27.5 Å². The van der Waals surface area contributed by atoms with Crippen LogP contribution >= 0.6 is 15.9 Å². The first-order valence-corrected chi connectivity index (χ1v) is 4.92. The Morgan fingerprint density at radius 1 is 1.47 bits per heavy atom. The van der Waals surface area contributed by atoms with Gasteiger partial charge in [-0.1, -0.05) is 0 Å². The predicted octanol–water partition coefficient (Wildman–Crippen LogP) is 2.01. The van der Waals surface area contributed by atoms with Crippen LogP contribution in [-0.4, -0.2) is 11.9 Å². The van der Waals surface area contributed by atoms with Gasteiger partial charge in [-0.15, -0.1) is 0 Å². The van der Waals surface area contributed by atoms with E-state index in [9.17, 15) is 13.6 Å². The second kappa shape index (κ2) is 4.67. The van der Waals surface area contributed by atoms with Gasteiger partial charge in [-0.3, -0.25) is 4.79 Å². The molecule has 1 aromatic rings. The summed E-state index contributed by atoms with van der Waals surface area (Å²) in [6, 6.07) is 1.07. The monoisotopic (exact) mass is 278 g/mol. The van der Waals surface area contributed by atoms with Gasteiger partial charge in [0, 0.05) is 6.07 Å². The number of rotatable bonds is 2. The molecule has 0 heterocycles. The van der Waals surface area contributed by atoms with Crippen molar-refractivity contribution in [1.29, 1.82) is 0 Å². The van der Waals surface area contributed by atoms with Gasteiger partial charge in [-0.2, -0.15) is 0 Å². The first-order chi connectivity index (χ1) is 6.91. The molecule has 3 nitrogen and oxygen atoms in total. The summed E-state index contributed by atoms with van der Waals surface area (Å²) in [7, 11) is 0. The number of carbonyl (C=O) groups excluding carboxylic acids is 1. The van der Waals surface area contributed by atoms with E-state index in [0.717, 1.165) is 6.07 Å². The minimum atomic E-state index is -0.843. The van der Waals surface area contributed by atoms with E-state index >= 15 is 0 Å². The Morgan fingerprint density at radius 2 is 2.07 bits per heavy atom. The summed E-state index contributed by atoms with van der Waals surface area (Å²) in [5, 5.41) is 2.24. The summed E-state index contributed by atoms with van der Waals surface area (Å²) in [6.45, 7) is 1.46. The fraction of sp³-hybridized carbons (Fsp3) is 0.222. The number of nitrogens with one attached hydrogen (secondary N) is 1. The van der Waals surface area contributed by atoms with E-state index in [1.807, 2.05) is 0 Å². The van der Waals surface area contributed by atoms with Crippen molar-refractivity contribution in [3.63, 3.8) is 0 Å². The molecule has 1 amide bonds. The second-order valence-corrected chi connectivity index (χ2v) is 3.88. The molecule has 0 saturated heterocycles. The quantitative estimate of drug-likeness (QED) is 0.814. The van der Waals surface area contributed by atoms with Crippen LogP contribution < -0.4 is 11.1 Å². The number of anilines is 1. The predicted molar refractivity (Wildman–Crippen MR) is 56.3 cm³/mol. The van der Waals surface area contributed by atoms with Crippen molar-refractivity contribution < 1.29 is 13.6 Å². The highest BCUT2D eigenvalue weighted by Crippen LogP contribution is 2.23. The normalized spacial score (nSPS) is 12.3. The van der Waals surface area contributed by atoms with E-state index in [1.165, 1.54) is 6.92 Å². The van der Waals surface area contributed by atoms with Gasteiger partial charge in [0.1, 0.15) is 11.6 Å². The van der Waals surface area contributed by atoms with Crippen LogP contribution in [0.15, 0.2) is 16.6 Å². The summed E-state index contributed by atoms with van der Waals surface area (Å²) in [5.41, 5.74) is 5.18. The van der Waals surface area contributed by atoms with Crippen molar-refractivity contribution in [1.82, 2.24) is 0 Å². The molecule has 0 radical (unpaired) electrons. The van der Waals surface area contributed by atoms with Gasteiger partial charge in [0.2, 0.25) is 5.91 Å². The van der Waals surface area contributed by atoms with Crippen molar-refractivity contribution in [3.8, 4) is 0 Å². The molecule has 0 aromatic heterocycles. The molecule has 6 heteroatoms. The van der Waals surface area contributed by atoms with Crippen LogP contribution in [0, 0.1) is 11.6 Å². The number of hydrogen-bond acceptors (Lipinski definition) is 2. The van der Waals surface area contributed by atoms with Crippen molar-refractivity contribution in [2.75, 3.05) is 5.32 Å². The van der Waals surface area contributed by atoms with E-state index in [4.69, 9.17) is 5.73 Å². The smallest absolute Gasteiger partial charge is 0.241 e. The molecule has 0 aliphatic heterocycles. The Balaban J connectivity index is 2.96. The maximum absolute atomic E-state index is 13.1. The maximum atomic E-state index is 13.1. The fourth-order valence-corrected chi connectivity index (χ4v) is 1.21. The molecule has 15 heavy (non-hydrogen) atoms. The molecule has 0 spiro atoms. The topological polar surface area (TPSA) is 55.1 Å². The van der Waals surface area contributed by atoms with Crippen LogP contribution in [0.1, 0.15) is 6.92 Å². The Morgan fingerprint density at radius 3 is 2.60 bits per heavy atom. The third-order valence-corrected chi connectivity index (χ3v) is 2.29. The largest absolute Gasteiger partial charge is 0.322 e. The van der Waals surface area contributed by atoms with Crippen LogP contribution in [0.2, 0.25) is 0 Å². The molecule has 0 aliphatic rings. The molecule has 82 valence electrons. The summed E-state index contributed by atoms with van der Waals surface area (Å²) in [5.74, 6) is -2.11.